The summed E-state index contributed by atoms with van der Waals surface area (Å²) >= 11 is 1.35. The number of thiazole rings is 1. The second kappa shape index (κ2) is 2.03. The van der Waals surface area contributed by atoms with Crippen LogP contribution in [0.2, 0.25) is 0 Å². The molecule has 0 bridgehead atoms. The van der Waals surface area contributed by atoms with Crippen LogP contribution in [0.1, 0.15) is 0 Å². The molecule has 0 spiro atoms. The minimum atomic E-state index is 0.225. The minimum Gasteiger partial charge on any atom is -0.375 e. The van der Waals surface area contributed by atoms with Gasteiger partial charge in [0.25, 0.3) is 0 Å². The fraction of sp³-hybridized carbons (Fsp3) is 0. The van der Waals surface area contributed by atoms with Crippen molar-refractivity contribution in [1.29, 1.82) is 0 Å². The summed E-state index contributed by atoms with van der Waals surface area (Å²) in [5, 5.41) is 0.486. The Morgan fingerprint density at radius 2 is 2.09 bits per heavy atom. The summed E-state index contributed by atoms with van der Waals surface area (Å²) in [6.07, 6.45) is 1.62. The van der Waals surface area contributed by atoms with Crippen LogP contribution in [0.15, 0.2) is 6.20 Å². The van der Waals surface area contributed by atoms with Gasteiger partial charge in [-0.2, -0.15) is 4.98 Å². The predicted molar refractivity (Wildman–Crippen MR) is 44.0 cm³/mol. The molecule has 2 rings (SSSR count). The Hall–Kier alpha value is -1.43. The molecule has 4 N–H and O–H groups in total. The predicted octanol–water partition coefficient (Wildman–Crippen LogP) is 0.251. The molecule has 2 heterocycles. The number of anilines is 2. The largest absolute Gasteiger partial charge is 0.375 e. The summed E-state index contributed by atoms with van der Waals surface area (Å²) in [6.45, 7) is 0. The number of nitrogens with two attached hydrogens (primary N) is 2. The van der Waals surface area contributed by atoms with Gasteiger partial charge in [0.15, 0.2) is 10.8 Å². The number of nitrogen functional groups attached to an aromatic ring is 2. The Labute approximate surface area is 66.1 Å². The highest BCUT2D eigenvalue weighted by molar-refractivity contribution is 7.21. The summed E-state index contributed by atoms with van der Waals surface area (Å²) < 4.78 is 0.858. The number of hydrogen-bond acceptors (Lipinski definition) is 6. The molecule has 6 heteroatoms. The van der Waals surface area contributed by atoms with Crippen LogP contribution in [0.4, 0.5) is 11.1 Å². The zero-order valence-electron chi connectivity index (χ0n) is 5.48. The Morgan fingerprint density at radius 3 is 2.91 bits per heavy atom. The lowest BCUT2D eigenvalue weighted by Crippen LogP contribution is -1.92. The van der Waals surface area contributed by atoms with Crippen LogP contribution >= 0.6 is 11.3 Å². The van der Waals surface area contributed by atoms with Crippen LogP contribution in [0.5, 0.6) is 0 Å². The highest BCUT2D eigenvalue weighted by Crippen LogP contribution is 2.20. The van der Waals surface area contributed by atoms with Gasteiger partial charge in [-0.1, -0.05) is 11.3 Å². The van der Waals surface area contributed by atoms with E-state index >= 15 is 0 Å². The van der Waals surface area contributed by atoms with E-state index in [2.05, 4.69) is 15.0 Å². The second-order valence-corrected chi connectivity index (χ2v) is 3.03. The minimum absolute atomic E-state index is 0.225. The summed E-state index contributed by atoms with van der Waals surface area (Å²) in [4.78, 5) is 11.6. The van der Waals surface area contributed by atoms with Crippen molar-refractivity contribution in [1.82, 2.24) is 15.0 Å². The van der Waals surface area contributed by atoms with Gasteiger partial charge in [0, 0.05) is 0 Å². The number of fused-ring (bicyclic) bond motifs is 1. The fourth-order valence-electron chi connectivity index (χ4n) is 0.767. The maximum Gasteiger partial charge on any atom is 0.222 e. The van der Waals surface area contributed by atoms with Gasteiger partial charge in [-0.3, -0.25) is 0 Å². The summed E-state index contributed by atoms with van der Waals surface area (Å²) in [6, 6.07) is 0. The summed E-state index contributed by atoms with van der Waals surface area (Å²) in [5.74, 6) is 0.225. The van der Waals surface area contributed by atoms with E-state index in [0.717, 1.165) is 4.70 Å². The van der Waals surface area contributed by atoms with Crippen LogP contribution in [-0.4, -0.2) is 15.0 Å². The molecular weight excluding hydrogens is 162 g/mol. The van der Waals surface area contributed by atoms with Gasteiger partial charge in [-0.25, -0.2) is 9.97 Å². The molecule has 5 nitrogen and oxygen atoms in total. The lowest BCUT2D eigenvalue weighted by Gasteiger charge is -1.86. The van der Waals surface area contributed by atoms with Gasteiger partial charge in [0.2, 0.25) is 5.95 Å². The standard InChI is InChI=1S/C5H5N5S/c6-4-8-1-2-3(9-4)10-5(7)11-2/h1H,(H4,6,7,8,9,10). The van der Waals surface area contributed by atoms with Crippen molar-refractivity contribution in [3.8, 4) is 0 Å². The highest BCUT2D eigenvalue weighted by Gasteiger charge is 2.01. The number of nitrogens with zero attached hydrogens (tertiary/aromatic N) is 3. The highest BCUT2D eigenvalue weighted by atomic mass is 32.1. The second-order valence-electron chi connectivity index (χ2n) is 1.97. The monoisotopic (exact) mass is 167 g/mol. The van der Waals surface area contributed by atoms with E-state index in [1.165, 1.54) is 11.3 Å². The third kappa shape index (κ3) is 0.966. The fourth-order valence-corrected chi connectivity index (χ4v) is 1.41. The smallest absolute Gasteiger partial charge is 0.222 e. The molecule has 0 atom stereocenters. The van der Waals surface area contributed by atoms with Crippen molar-refractivity contribution < 1.29 is 0 Å². The summed E-state index contributed by atoms with van der Waals surface area (Å²) in [7, 11) is 0. The zero-order chi connectivity index (χ0) is 7.84. The molecule has 0 aliphatic heterocycles. The maximum absolute atomic E-state index is 5.44. The first-order valence-corrected chi connectivity index (χ1v) is 3.72. The molecule has 0 aliphatic rings. The van der Waals surface area contributed by atoms with E-state index in [0.29, 0.717) is 10.8 Å². The molecule has 2 aromatic rings. The molecule has 0 radical (unpaired) electrons. The van der Waals surface area contributed by atoms with Crippen molar-refractivity contribution in [2.75, 3.05) is 11.5 Å². The molecule has 56 valence electrons. The Kier molecular flexibility index (Phi) is 1.16. The van der Waals surface area contributed by atoms with Crippen molar-refractivity contribution in [3.05, 3.63) is 6.20 Å². The normalized spacial score (nSPS) is 10.5. The van der Waals surface area contributed by atoms with Gasteiger partial charge in [-0.05, 0) is 0 Å². The molecule has 0 aliphatic carbocycles. The number of rotatable bonds is 0. The topological polar surface area (TPSA) is 90.7 Å². The van der Waals surface area contributed by atoms with Crippen LogP contribution in [0, 0.1) is 0 Å². The van der Waals surface area contributed by atoms with Crippen LogP contribution in [-0.2, 0) is 0 Å². The van der Waals surface area contributed by atoms with Crippen molar-refractivity contribution in [3.63, 3.8) is 0 Å². The third-order valence-corrected chi connectivity index (χ3v) is 1.99. The van der Waals surface area contributed by atoms with Crippen LogP contribution < -0.4 is 11.5 Å². The first-order chi connectivity index (χ1) is 5.25. The van der Waals surface area contributed by atoms with E-state index < -0.39 is 0 Å². The van der Waals surface area contributed by atoms with Crippen molar-refractivity contribution in [2.45, 2.75) is 0 Å². The van der Waals surface area contributed by atoms with Crippen LogP contribution in [0.25, 0.3) is 10.3 Å². The average Bonchev–Trinajstić information content (AvgIpc) is 2.27. The van der Waals surface area contributed by atoms with Gasteiger partial charge in [0.1, 0.15) is 0 Å². The number of hydrogen-bond donors (Lipinski definition) is 2. The third-order valence-electron chi connectivity index (χ3n) is 1.19. The SMILES string of the molecule is Nc1ncc2sc(N)nc2n1. The van der Waals surface area contributed by atoms with E-state index in [4.69, 9.17) is 11.5 Å². The number of aromatic nitrogens is 3. The molecule has 0 fully saturated rings. The Bertz CT molecular complexity index is 395. The van der Waals surface area contributed by atoms with Gasteiger partial charge in [0.05, 0.1) is 10.9 Å². The van der Waals surface area contributed by atoms with Crippen molar-refractivity contribution in [2.24, 2.45) is 0 Å². The molecule has 0 saturated heterocycles. The Morgan fingerprint density at radius 1 is 1.27 bits per heavy atom. The molecule has 0 unspecified atom stereocenters. The van der Waals surface area contributed by atoms with Crippen LogP contribution in [0.3, 0.4) is 0 Å². The van der Waals surface area contributed by atoms with E-state index in [1.807, 2.05) is 0 Å². The molecule has 11 heavy (non-hydrogen) atoms. The molecular formula is C5H5N5S. The molecule has 0 saturated carbocycles. The van der Waals surface area contributed by atoms with Gasteiger partial charge in [-0.15, -0.1) is 0 Å². The molecule has 0 aromatic carbocycles. The Balaban J connectivity index is 2.82. The van der Waals surface area contributed by atoms with E-state index in [9.17, 15) is 0 Å². The lowest BCUT2D eigenvalue weighted by atomic mass is 10.6. The summed E-state index contributed by atoms with van der Waals surface area (Å²) in [5.41, 5.74) is 11.3. The zero-order valence-corrected chi connectivity index (χ0v) is 6.30. The van der Waals surface area contributed by atoms with Gasteiger partial charge < -0.3 is 11.5 Å². The van der Waals surface area contributed by atoms with E-state index in [1.54, 1.807) is 6.20 Å². The molecule has 0 amide bonds. The first kappa shape index (κ1) is 6.29. The van der Waals surface area contributed by atoms with Gasteiger partial charge >= 0.3 is 0 Å². The van der Waals surface area contributed by atoms with E-state index in [-0.39, 0.29) is 5.95 Å². The maximum atomic E-state index is 5.44. The average molecular weight is 167 g/mol. The first-order valence-electron chi connectivity index (χ1n) is 2.90. The van der Waals surface area contributed by atoms with Crippen molar-refractivity contribution >= 4 is 32.8 Å². The molecule has 2 aromatic heterocycles. The lowest BCUT2D eigenvalue weighted by molar-refractivity contribution is 1.22. The quantitative estimate of drug-likeness (QED) is 0.587.